The molecule has 0 spiro atoms. The lowest BCUT2D eigenvalue weighted by atomic mass is 10.1. The van der Waals surface area contributed by atoms with Crippen LogP contribution in [0.4, 0.5) is 0 Å². The predicted octanol–water partition coefficient (Wildman–Crippen LogP) is 2.77. The summed E-state index contributed by atoms with van der Waals surface area (Å²) in [5, 5.41) is 3.38. The molecule has 2 aromatic rings. The van der Waals surface area contributed by atoms with Gasteiger partial charge in [0.25, 0.3) is 0 Å². The summed E-state index contributed by atoms with van der Waals surface area (Å²) in [6.45, 7) is 2.70. The lowest BCUT2D eigenvalue weighted by molar-refractivity contribution is -0.120. The minimum Gasteiger partial charge on any atom is -0.354 e. The Kier molecular flexibility index (Phi) is 7.20. The number of halogens is 1. The number of amides is 1. The molecule has 0 aliphatic rings. The number of carbonyl (C=O) groups excluding carboxylic acids is 1. The molecule has 0 bridgehead atoms. The largest absolute Gasteiger partial charge is 0.354 e. The molecule has 0 aliphatic heterocycles. The minimum absolute atomic E-state index is 0.131. The highest BCUT2D eigenvalue weighted by Gasteiger charge is 2.17. The Morgan fingerprint density at radius 1 is 1.04 bits per heavy atom. The Morgan fingerprint density at radius 2 is 1.62 bits per heavy atom. The van der Waals surface area contributed by atoms with Crippen molar-refractivity contribution in [3.63, 3.8) is 0 Å². The number of nitrogens with zero attached hydrogens (tertiary/aromatic N) is 1. The molecule has 0 atom stereocenters. The van der Waals surface area contributed by atoms with Gasteiger partial charge in [-0.25, -0.2) is 8.42 Å². The van der Waals surface area contributed by atoms with Crippen molar-refractivity contribution in [3.8, 4) is 0 Å². The number of sulfonamides is 1. The molecule has 140 valence electrons. The van der Waals surface area contributed by atoms with Crippen LogP contribution >= 0.6 is 11.6 Å². The minimum atomic E-state index is -3.39. The SMILES string of the molecule is Cc1ccc(CC(=O)NCCN(Cc2ccc(Cl)cc2)S(C)(=O)=O)cc1. The van der Waals surface area contributed by atoms with Gasteiger partial charge in [0.1, 0.15) is 0 Å². The standard InChI is InChI=1S/C19H23ClN2O3S/c1-15-3-5-16(6-4-15)13-19(23)21-11-12-22(26(2,24)25)14-17-7-9-18(20)10-8-17/h3-10H,11-14H2,1-2H3,(H,21,23). The summed E-state index contributed by atoms with van der Waals surface area (Å²) >= 11 is 5.85. The molecule has 0 saturated heterocycles. The molecule has 2 rings (SSSR count). The Morgan fingerprint density at radius 3 is 2.19 bits per heavy atom. The highest BCUT2D eigenvalue weighted by molar-refractivity contribution is 7.88. The first-order valence-corrected chi connectivity index (χ1v) is 10.5. The van der Waals surface area contributed by atoms with E-state index in [-0.39, 0.29) is 32.0 Å². The average molecular weight is 395 g/mol. The molecule has 5 nitrogen and oxygen atoms in total. The van der Waals surface area contributed by atoms with Gasteiger partial charge >= 0.3 is 0 Å². The lowest BCUT2D eigenvalue weighted by Crippen LogP contribution is -2.38. The zero-order valence-electron chi connectivity index (χ0n) is 14.9. The maximum absolute atomic E-state index is 12.0. The Bertz CT molecular complexity index is 834. The zero-order chi connectivity index (χ0) is 19.2. The van der Waals surface area contributed by atoms with Crippen LogP contribution in [0, 0.1) is 6.92 Å². The van der Waals surface area contributed by atoms with Crippen molar-refractivity contribution in [2.24, 2.45) is 0 Å². The zero-order valence-corrected chi connectivity index (χ0v) is 16.5. The third kappa shape index (κ3) is 6.78. The number of aryl methyl sites for hydroxylation is 1. The lowest BCUT2D eigenvalue weighted by Gasteiger charge is -2.20. The van der Waals surface area contributed by atoms with Crippen LogP contribution in [-0.4, -0.2) is 38.0 Å². The van der Waals surface area contributed by atoms with E-state index in [0.29, 0.717) is 5.02 Å². The molecule has 2 aromatic carbocycles. The summed E-state index contributed by atoms with van der Waals surface area (Å²) in [7, 11) is -3.39. The van der Waals surface area contributed by atoms with E-state index >= 15 is 0 Å². The Labute approximate surface area is 160 Å². The average Bonchev–Trinajstić information content (AvgIpc) is 2.57. The molecule has 1 N–H and O–H groups in total. The fourth-order valence-corrected chi connectivity index (χ4v) is 3.36. The van der Waals surface area contributed by atoms with Crippen LogP contribution < -0.4 is 5.32 Å². The van der Waals surface area contributed by atoms with E-state index in [1.807, 2.05) is 31.2 Å². The third-order valence-electron chi connectivity index (χ3n) is 3.91. The van der Waals surface area contributed by atoms with E-state index in [4.69, 9.17) is 11.6 Å². The smallest absolute Gasteiger partial charge is 0.224 e. The molecule has 0 aromatic heterocycles. The summed E-state index contributed by atoms with van der Waals surface area (Å²) in [6, 6.07) is 14.8. The van der Waals surface area contributed by atoms with Gasteiger partial charge < -0.3 is 5.32 Å². The second-order valence-corrected chi connectivity index (χ2v) is 8.65. The first-order valence-electron chi connectivity index (χ1n) is 8.26. The van der Waals surface area contributed by atoms with Gasteiger partial charge in [-0.15, -0.1) is 0 Å². The van der Waals surface area contributed by atoms with Gasteiger partial charge in [0.05, 0.1) is 12.7 Å². The van der Waals surface area contributed by atoms with Gasteiger partial charge in [-0.05, 0) is 30.2 Å². The van der Waals surface area contributed by atoms with Crippen molar-refractivity contribution in [2.75, 3.05) is 19.3 Å². The van der Waals surface area contributed by atoms with Gasteiger partial charge in [0, 0.05) is 24.7 Å². The monoisotopic (exact) mass is 394 g/mol. The fraction of sp³-hybridized carbons (Fsp3) is 0.316. The number of benzene rings is 2. The second kappa shape index (κ2) is 9.16. The van der Waals surface area contributed by atoms with E-state index in [9.17, 15) is 13.2 Å². The molecule has 7 heteroatoms. The van der Waals surface area contributed by atoms with Crippen molar-refractivity contribution in [3.05, 3.63) is 70.2 Å². The maximum atomic E-state index is 12.0. The van der Waals surface area contributed by atoms with Crippen LogP contribution in [0.25, 0.3) is 0 Å². The maximum Gasteiger partial charge on any atom is 0.224 e. The molecule has 0 unspecified atom stereocenters. The molecular formula is C19H23ClN2O3S. The van der Waals surface area contributed by atoms with E-state index in [0.717, 1.165) is 22.9 Å². The van der Waals surface area contributed by atoms with E-state index in [1.54, 1.807) is 24.3 Å². The molecule has 0 radical (unpaired) electrons. The second-order valence-electron chi connectivity index (χ2n) is 6.24. The number of hydrogen-bond acceptors (Lipinski definition) is 3. The van der Waals surface area contributed by atoms with Gasteiger partial charge in [-0.2, -0.15) is 4.31 Å². The summed E-state index contributed by atoms with van der Waals surface area (Å²) in [5.41, 5.74) is 2.90. The van der Waals surface area contributed by atoms with Crippen LogP contribution in [0.5, 0.6) is 0 Å². The summed E-state index contributed by atoms with van der Waals surface area (Å²) in [6.07, 6.45) is 1.44. The van der Waals surface area contributed by atoms with Crippen molar-refractivity contribution in [2.45, 2.75) is 19.9 Å². The Balaban J connectivity index is 1.87. The van der Waals surface area contributed by atoms with E-state index in [1.165, 1.54) is 4.31 Å². The van der Waals surface area contributed by atoms with Gasteiger partial charge in [-0.3, -0.25) is 4.79 Å². The van der Waals surface area contributed by atoms with Crippen LogP contribution in [-0.2, 0) is 27.8 Å². The predicted molar refractivity (Wildman–Crippen MR) is 105 cm³/mol. The molecule has 0 heterocycles. The fourth-order valence-electron chi connectivity index (χ4n) is 2.43. The topological polar surface area (TPSA) is 66.5 Å². The van der Waals surface area contributed by atoms with Crippen LogP contribution in [0.3, 0.4) is 0 Å². The van der Waals surface area contributed by atoms with Crippen molar-refractivity contribution in [1.82, 2.24) is 9.62 Å². The number of carbonyl (C=O) groups is 1. The Hall–Kier alpha value is -1.89. The van der Waals surface area contributed by atoms with Crippen molar-refractivity contribution < 1.29 is 13.2 Å². The first-order chi connectivity index (χ1) is 12.2. The third-order valence-corrected chi connectivity index (χ3v) is 5.41. The molecule has 0 aliphatic carbocycles. The van der Waals surface area contributed by atoms with Crippen LogP contribution in [0.2, 0.25) is 5.02 Å². The molecule has 26 heavy (non-hydrogen) atoms. The van der Waals surface area contributed by atoms with E-state index < -0.39 is 10.0 Å². The number of nitrogens with one attached hydrogen (secondary N) is 1. The molecular weight excluding hydrogens is 372 g/mol. The number of rotatable bonds is 8. The summed E-state index contributed by atoms with van der Waals surface area (Å²) in [5.74, 6) is -0.131. The summed E-state index contributed by atoms with van der Waals surface area (Å²) < 4.78 is 25.3. The van der Waals surface area contributed by atoms with E-state index in [2.05, 4.69) is 5.32 Å². The molecule has 1 amide bonds. The van der Waals surface area contributed by atoms with Gasteiger partial charge in [-0.1, -0.05) is 53.6 Å². The van der Waals surface area contributed by atoms with Gasteiger partial charge in [0.2, 0.25) is 15.9 Å². The number of hydrogen-bond donors (Lipinski definition) is 1. The highest BCUT2D eigenvalue weighted by atomic mass is 35.5. The van der Waals surface area contributed by atoms with Crippen LogP contribution in [0.15, 0.2) is 48.5 Å². The van der Waals surface area contributed by atoms with Crippen molar-refractivity contribution >= 4 is 27.5 Å². The molecule has 0 fully saturated rings. The first kappa shape index (κ1) is 20.4. The van der Waals surface area contributed by atoms with Gasteiger partial charge in [0.15, 0.2) is 0 Å². The normalized spacial score (nSPS) is 11.5. The van der Waals surface area contributed by atoms with Crippen molar-refractivity contribution in [1.29, 1.82) is 0 Å². The molecule has 0 saturated carbocycles. The quantitative estimate of drug-likeness (QED) is 0.748. The summed E-state index contributed by atoms with van der Waals surface area (Å²) in [4.78, 5) is 12.0. The van der Waals surface area contributed by atoms with Crippen LogP contribution in [0.1, 0.15) is 16.7 Å². The highest BCUT2D eigenvalue weighted by Crippen LogP contribution is 2.13.